The lowest BCUT2D eigenvalue weighted by atomic mass is 9.93. The first-order valence-electron chi connectivity index (χ1n) is 5.82. The molecule has 0 aliphatic rings. The Hall–Kier alpha value is -1.31. The van der Waals surface area contributed by atoms with E-state index in [0.29, 0.717) is 11.8 Å². The molecular formula is C14H21NO. The van der Waals surface area contributed by atoms with Crippen LogP contribution in [0.25, 0.3) is 0 Å². The largest absolute Gasteiger partial charge is 0.355 e. The molecule has 0 saturated heterocycles. The van der Waals surface area contributed by atoms with E-state index in [1.165, 1.54) is 11.1 Å². The lowest BCUT2D eigenvalue weighted by Crippen LogP contribution is -2.18. The number of hydrogen-bond donors (Lipinski definition) is 1. The highest BCUT2D eigenvalue weighted by Crippen LogP contribution is 2.23. The fourth-order valence-corrected chi connectivity index (χ4v) is 1.62. The van der Waals surface area contributed by atoms with Gasteiger partial charge in [0.1, 0.15) is 0 Å². The van der Waals surface area contributed by atoms with E-state index in [4.69, 9.17) is 0 Å². The van der Waals surface area contributed by atoms with Gasteiger partial charge in [-0.15, -0.1) is 0 Å². The number of benzene rings is 1. The zero-order valence-corrected chi connectivity index (χ0v) is 10.8. The van der Waals surface area contributed by atoms with E-state index in [1.54, 1.807) is 7.05 Å². The summed E-state index contributed by atoms with van der Waals surface area (Å²) in [6, 6.07) is 6.16. The maximum absolute atomic E-state index is 11.7. The number of nitrogens with one attached hydrogen (secondary N) is 1. The van der Waals surface area contributed by atoms with E-state index in [9.17, 15) is 4.79 Å². The third kappa shape index (κ3) is 2.84. The fraction of sp³-hybridized carbons (Fsp3) is 0.500. The van der Waals surface area contributed by atoms with Crippen LogP contribution in [0.2, 0.25) is 0 Å². The summed E-state index contributed by atoms with van der Waals surface area (Å²) in [6.07, 6.45) is 0. The second kappa shape index (κ2) is 5.15. The summed E-state index contributed by atoms with van der Waals surface area (Å²) in [5.41, 5.74) is 3.21. The SMILES string of the molecule is CNC(=O)c1cc(C(C)C)cc(C(C)C)c1. The van der Waals surface area contributed by atoms with E-state index in [0.717, 1.165) is 5.56 Å². The van der Waals surface area contributed by atoms with E-state index in [1.807, 2.05) is 12.1 Å². The molecule has 0 aromatic heterocycles. The first-order chi connectivity index (χ1) is 7.45. The van der Waals surface area contributed by atoms with Crippen molar-refractivity contribution in [2.45, 2.75) is 39.5 Å². The summed E-state index contributed by atoms with van der Waals surface area (Å²) in [5.74, 6) is 0.883. The molecule has 0 spiro atoms. The van der Waals surface area contributed by atoms with Crippen molar-refractivity contribution in [1.82, 2.24) is 5.32 Å². The molecular weight excluding hydrogens is 198 g/mol. The molecule has 0 radical (unpaired) electrons. The number of carbonyl (C=O) groups excluding carboxylic acids is 1. The van der Waals surface area contributed by atoms with E-state index >= 15 is 0 Å². The minimum atomic E-state index is -0.00981. The van der Waals surface area contributed by atoms with Crippen molar-refractivity contribution < 1.29 is 4.79 Å². The summed E-state index contributed by atoms with van der Waals surface area (Å²) in [6.45, 7) is 8.58. The monoisotopic (exact) mass is 219 g/mol. The van der Waals surface area contributed by atoms with Gasteiger partial charge < -0.3 is 5.32 Å². The molecule has 2 heteroatoms. The van der Waals surface area contributed by atoms with E-state index in [-0.39, 0.29) is 5.91 Å². The second-order valence-corrected chi connectivity index (χ2v) is 4.78. The molecule has 2 nitrogen and oxygen atoms in total. The molecule has 0 aliphatic heterocycles. The maximum Gasteiger partial charge on any atom is 0.251 e. The zero-order chi connectivity index (χ0) is 12.3. The number of amides is 1. The third-order valence-corrected chi connectivity index (χ3v) is 2.80. The Morgan fingerprint density at radius 2 is 1.44 bits per heavy atom. The van der Waals surface area contributed by atoms with Crippen LogP contribution in [0.5, 0.6) is 0 Å². The zero-order valence-electron chi connectivity index (χ0n) is 10.8. The summed E-state index contributed by atoms with van der Waals surface area (Å²) in [4.78, 5) is 11.7. The topological polar surface area (TPSA) is 29.1 Å². The van der Waals surface area contributed by atoms with Crippen LogP contribution in [0.1, 0.15) is 61.0 Å². The molecule has 0 bridgehead atoms. The number of rotatable bonds is 3. The molecule has 0 atom stereocenters. The first kappa shape index (κ1) is 12.8. The van der Waals surface area contributed by atoms with Gasteiger partial charge in [-0.3, -0.25) is 4.79 Å². The Morgan fingerprint density at radius 1 is 1.00 bits per heavy atom. The predicted octanol–water partition coefficient (Wildman–Crippen LogP) is 3.29. The molecule has 1 amide bonds. The molecule has 1 N–H and O–H groups in total. The second-order valence-electron chi connectivity index (χ2n) is 4.78. The van der Waals surface area contributed by atoms with E-state index in [2.05, 4.69) is 39.1 Å². The van der Waals surface area contributed by atoms with Gasteiger partial charge in [-0.05, 0) is 35.1 Å². The Bertz CT molecular complexity index is 354. The summed E-state index contributed by atoms with van der Waals surface area (Å²) >= 11 is 0. The lowest BCUT2D eigenvalue weighted by Gasteiger charge is -2.13. The molecule has 1 rings (SSSR count). The molecule has 0 saturated carbocycles. The minimum absolute atomic E-state index is 0.00981. The van der Waals surface area contributed by atoms with Gasteiger partial charge in [0.25, 0.3) is 5.91 Å². The average Bonchev–Trinajstić information content (AvgIpc) is 2.27. The smallest absolute Gasteiger partial charge is 0.251 e. The van der Waals surface area contributed by atoms with Crippen molar-refractivity contribution in [1.29, 1.82) is 0 Å². The first-order valence-corrected chi connectivity index (χ1v) is 5.82. The molecule has 1 aromatic carbocycles. The van der Waals surface area contributed by atoms with Crippen LogP contribution in [0, 0.1) is 0 Å². The highest BCUT2D eigenvalue weighted by Gasteiger charge is 2.10. The summed E-state index contributed by atoms with van der Waals surface area (Å²) in [7, 11) is 1.67. The normalized spacial score (nSPS) is 10.9. The van der Waals surface area contributed by atoms with Gasteiger partial charge in [0.2, 0.25) is 0 Å². The molecule has 1 aromatic rings. The van der Waals surface area contributed by atoms with Gasteiger partial charge in [0.15, 0.2) is 0 Å². The third-order valence-electron chi connectivity index (χ3n) is 2.80. The summed E-state index contributed by atoms with van der Waals surface area (Å²) in [5, 5.41) is 2.67. The van der Waals surface area contributed by atoms with Crippen molar-refractivity contribution >= 4 is 5.91 Å². The lowest BCUT2D eigenvalue weighted by molar-refractivity contribution is 0.0963. The standard InChI is InChI=1S/C14H21NO/c1-9(2)11-6-12(10(3)4)8-13(7-11)14(16)15-5/h6-10H,1-5H3,(H,15,16). The number of hydrogen-bond acceptors (Lipinski definition) is 1. The Kier molecular flexibility index (Phi) is 4.11. The molecule has 88 valence electrons. The van der Waals surface area contributed by atoms with Crippen molar-refractivity contribution in [2.75, 3.05) is 7.05 Å². The van der Waals surface area contributed by atoms with Gasteiger partial charge in [0.05, 0.1) is 0 Å². The van der Waals surface area contributed by atoms with Crippen LogP contribution in [0.3, 0.4) is 0 Å². The molecule has 0 unspecified atom stereocenters. The molecule has 0 heterocycles. The Balaban J connectivity index is 3.24. The van der Waals surface area contributed by atoms with Crippen molar-refractivity contribution in [3.05, 3.63) is 34.9 Å². The van der Waals surface area contributed by atoms with Crippen LogP contribution in [-0.2, 0) is 0 Å². The fourth-order valence-electron chi connectivity index (χ4n) is 1.62. The quantitative estimate of drug-likeness (QED) is 0.830. The van der Waals surface area contributed by atoms with Gasteiger partial charge in [-0.1, -0.05) is 33.8 Å². The van der Waals surface area contributed by atoms with E-state index < -0.39 is 0 Å². The van der Waals surface area contributed by atoms with Gasteiger partial charge in [0, 0.05) is 12.6 Å². The van der Waals surface area contributed by atoms with Gasteiger partial charge in [-0.25, -0.2) is 0 Å². The van der Waals surface area contributed by atoms with Crippen molar-refractivity contribution in [3.8, 4) is 0 Å². The molecule has 0 fully saturated rings. The van der Waals surface area contributed by atoms with Crippen LogP contribution in [0.4, 0.5) is 0 Å². The van der Waals surface area contributed by atoms with Crippen LogP contribution < -0.4 is 5.32 Å². The van der Waals surface area contributed by atoms with Gasteiger partial charge in [-0.2, -0.15) is 0 Å². The van der Waals surface area contributed by atoms with Crippen molar-refractivity contribution in [3.63, 3.8) is 0 Å². The van der Waals surface area contributed by atoms with Crippen molar-refractivity contribution in [2.24, 2.45) is 0 Å². The Labute approximate surface area is 98.1 Å². The maximum atomic E-state index is 11.7. The van der Waals surface area contributed by atoms with Crippen LogP contribution in [0.15, 0.2) is 18.2 Å². The number of carbonyl (C=O) groups is 1. The average molecular weight is 219 g/mol. The predicted molar refractivity (Wildman–Crippen MR) is 68.0 cm³/mol. The molecule has 16 heavy (non-hydrogen) atoms. The molecule has 0 aliphatic carbocycles. The minimum Gasteiger partial charge on any atom is -0.355 e. The van der Waals surface area contributed by atoms with Crippen LogP contribution in [-0.4, -0.2) is 13.0 Å². The van der Waals surface area contributed by atoms with Crippen LogP contribution >= 0.6 is 0 Å². The Morgan fingerprint density at radius 3 is 1.75 bits per heavy atom. The highest BCUT2D eigenvalue weighted by molar-refractivity contribution is 5.94. The highest BCUT2D eigenvalue weighted by atomic mass is 16.1. The summed E-state index contributed by atoms with van der Waals surface area (Å²) < 4.78 is 0. The van der Waals surface area contributed by atoms with Gasteiger partial charge >= 0.3 is 0 Å².